The second-order valence-electron chi connectivity index (χ2n) is 3.90. The largest absolute Gasteiger partial charge is 0.272 e. The molecule has 0 aliphatic rings. The van der Waals surface area contributed by atoms with E-state index >= 15 is 0 Å². The van der Waals surface area contributed by atoms with Gasteiger partial charge in [0.2, 0.25) is 0 Å². The predicted molar refractivity (Wildman–Crippen MR) is 79.7 cm³/mol. The minimum Gasteiger partial charge on any atom is -0.262 e. The van der Waals surface area contributed by atoms with Gasteiger partial charge < -0.3 is 0 Å². The highest BCUT2D eigenvalue weighted by Crippen LogP contribution is 2.28. The average molecular weight is 326 g/mol. The van der Waals surface area contributed by atoms with Gasteiger partial charge in [-0.05, 0) is 24.3 Å². The Bertz CT molecular complexity index is 872. The number of benzene rings is 1. The van der Waals surface area contributed by atoms with Crippen LogP contribution in [0.5, 0.6) is 0 Å². The Kier molecular flexibility index (Phi) is 3.33. The standard InChI is InChI=1S/C12H8ClN3O2S2/c13-10-5-6-11(19-10)20(17,18)16-12-8-3-1-2-4-9(8)14-7-15-12/h1-7H,(H,14,15,16). The zero-order valence-electron chi connectivity index (χ0n) is 9.95. The van der Waals surface area contributed by atoms with Crippen LogP contribution in [0.15, 0.2) is 46.9 Å². The quantitative estimate of drug-likeness (QED) is 0.803. The number of halogens is 1. The lowest BCUT2D eigenvalue weighted by Gasteiger charge is -2.07. The average Bonchev–Trinajstić information content (AvgIpc) is 2.86. The van der Waals surface area contributed by atoms with E-state index in [1.54, 1.807) is 24.3 Å². The van der Waals surface area contributed by atoms with Crippen molar-refractivity contribution in [2.75, 3.05) is 4.72 Å². The van der Waals surface area contributed by atoms with E-state index in [2.05, 4.69) is 14.7 Å². The first-order chi connectivity index (χ1) is 9.56. The Hall–Kier alpha value is -1.70. The highest BCUT2D eigenvalue weighted by atomic mass is 35.5. The minimum absolute atomic E-state index is 0.144. The lowest BCUT2D eigenvalue weighted by molar-refractivity contribution is 0.603. The van der Waals surface area contributed by atoms with Crippen LogP contribution in [0.3, 0.4) is 0 Å². The van der Waals surface area contributed by atoms with Crippen LogP contribution < -0.4 is 4.72 Å². The topological polar surface area (TPSA) is 72.0 Å². The number of hydrogen-bond acceptors (Lipinski definition) is 5. The van der Waals surface area contributed by atoms with E-state index in [-0.39, 0.29) is 10.0 Å². The number of anilines is 1. The summed E-state index contributed by atoms with van der Waals surface area (Å²) in [6, 6.07) is 10.2. The van der Waals surface area contributed by atoms with Gasteiger partial charge in [-0.2, -0.15) is 0 Å². The van der Waals surface area contributed by atoms with Crippen LogP contribution in [0.1, 0.15) is 0 Å². The van der Waals surface area contributed by atoms with Gasteiger partial charge in [-0.3, -0.25) is 4.72 Å². The molecule has 8 heteroatoms. The maximum atomic E-state index is 12.2. The molecule has 20 heavy (non-hydrogen) atoms. The van der Waals surface area contributed by atoms with E-state index < -0.39 is 10.0 Å². The minimum atomic E-state index is -3.69. The van der Waals surface area contributed by atoms with E-state index in [9.17, 15) is 8.42 Å². The highest BCUT2D eigenvalue weighted by Gasteiger charge is 2.18. The molecule has 0 aliphatic carbocycles. The molecule has 0 saturated heterocycles. The Morgan fingerprint density at radius 3 is 2.65 bits per heavy atom. The van der Waals surface area contributed by atoms with E-state index in [1.807, 2.05) is 6.07 Å². The molecule has 0 amide bonds. The Labute approximate surface area is 124 Å². The molecule has 3 rings (SSSR count). The maximum absolute atomic E-state index is 12.2. The van der Waals surface area contributed by atoms with Crippen molar-refractivity contribution in [2.45, 2.75) is 4.21 Å². The second kappa shape index (κ2) is 5.01. The van der Waals surface area contributed by atoms with Crippen LogP contribution in [-0.4, -0.2) is 18.4 Å². The van der Waals surface area contributed by atoms with E-state index in [0.29, 0.717) is 15.2 Å². The van der Waals surface area contributed by atoms with Crippen LogP contribution in [-0.2, 0) is 10.0 Å². The molecular weight excluding hydrogens is 318 g/mol. The molecule has 0 radical (unpaired) electrons. The number of hydrogen-bond donors (Lipinski definition) is 1. The molecule has 0 bridgehead atoms. The van der Waals surface area contributed by atoms with Gasteiger partial charge >= 0.3 is 0 Å². The summed E-state index contributed by atoms with van der Waals surface area (Å²) < 4.78 is 27.5. The van der Waals surface area contributed by atoms with Crippen molar-refractivity contribution in [1.29, 1.82) is 0 Å². The first-order valence-corrected chi connectivity index (χ1v) is 8.22. The van der Waals surface area contributed by atoms with Crippen molar-refractivity contribution in [3.8, 4) is 0 Å². The van der Waals surface area contributed by atoms with Crippen molar-refractivity contribution in [3.05, 3.63) is 47.1 Å². The van der Waals surface area contributed by atoms with Crippen molar-refractivity contribution in [2.24, 2.45) is 0 Å². The fourth-order valence-corrected chi connectivity index (χ4v) is 4.22. The molecule has 0 unspecified atom stereocenters. The molecule has 5 nitrogen and oxygen atoms in total. The lowest BCUT2D eigenvalue weighted by atomic mass is 10.2. The van der Waals surface area contributed by atoms with Crippen molar-refractivity contribution >= 4 is 49.7 Å². The summed E-state index contributed by atoms with van der Waals surface area (Å²) in [7, 11) is -3.69. The van der Waals surface area contributed by atoms with Crippen molar-refractivity contribution < 1.29 is 8.42 Å². The molecule has 0 atom stereocenters. The van der Waals surface area contributed by atoms with Gasteiger partial charge in [0.1, 0.15) is 10.5 Å². The van der Waals surface area contributed by atoms with E-state index in [4.69, 9.17) is 11.6 Å². The van der Waals surface area contributed by atoms with Gasteiger partial charge in [-0.15, -0.1) is 11.3 Å². The SMILES string of the molecule is O=S(=O)(Nc1ncnc2ccccc12)c1ccc(Cl)s1. The summed E-state index contributed by atoms with van der Waals surface area (Å²) in [5, 5.41) is 0.640. The fraction of sp³-hybridized carbons (Fsp3) is 0. The van der Waals surface area contributed by atoms with Gasteiger partial charge in [0.25, 0.3) is 10.0 Å². The molecule has 0 fully saturated rings. The summed E-state index contributed by atoms with van der Waals surface area (Å²) in [4.78, 5) is 8.08. The van der Waals surface area contributed by atoms with Gasteiger partial charge in [-0.25, -0.2) is 18.4 Å². The molecule has 0 spiro atoms. The van der Waals surface area contributed by atoms with Crippen molar-refractivity contribution in [1.82, 2.24) is 9.97 Å². The van der Waals surface area contributed by atoms with Crippen LogP contribution in [0, 0.1) is 0 Å². The smallest absolute Gasteiger partial charge is 0.262 e. The van der Waals surface area contributed by atoms with Gasteiger partial charge in [0, 0.05) is 5.39 Å². The third-order valence-electron chi connectivity index (χ3n) is 2.59. The number of fused-ring (bicyclic) bond motifs is 1. The molecule has 1 aromatic carbocycles. The zero-order valence-corrected chi connectivity index (χ0v) is 12.3. The monoisotopic (exact) mass is 325 g/mol. The maximum Gasteiger partial charge on any atom is 0.272 e. The lowest BCUT2D eigenvalue weighted by Crippen LogP contribution is -2.13. The molecular formula is C12H8ClN3O2S2. The Morgan fingerprint density at radius 2 is 1.90 bits per heavy atom. The summed E-state index contributed by atoms with van der Waals surface area (Å²) in [6.45, 7) is 0. The van der Waals surface area contributed by atoms with Crippen LogP contribution in [0.2, 0.25) is 4.34 Å². The summed E-state index contributed by atoms with van der Waals surface area (Å²) >= 11 is 6.76. The Morgan fingerprint density at radius 1 is 1.10 bits per heavy atom. The van der Waals surface area contributed by atoms with Gasteiger partial charge in [0.05, 0.1) is 9.85 Å². The number of nitrogens with one attached hydrogen (secondary N) is 1. The number of rotatable bonds is 3. The second-order valence-corrected chi connectivity index (χ2v) is 7.53. The normalized spacial score (nSPS) is 11.7. The molecule has 2 heterocycles. The number of sulfonamides is 1. The van der Waals surface area contributed by atoms with Crippen LogP contribution >= 0.6 is 22.9 Å². The van der Waals surface area contributed by atoms with Crippen LogP contribution in [0.25, 0.3) is 10.9 Å². The fourth-order valence-electron chi connectivity index (χ4n) is 1.71. The molecule has 2 aromatic heterocycles. The number of aromatic nitrogens is 2. The zero-order chi connectivity index (χ0) is 14.2. The molecule has 1 N–H and O–H groups in total. The first kappa shape index (κ1) is 13.3. The van der Waals surface area contributed by atoms with Gasteiger partial charge in [0.15, 0.2) is 5.82 Å². The summed E-state index contributed by atoms with van der Waals surface area (Å²) in [5.41, 5.74) is 0.671. The van der Waals surface area contributed by atoms with Gasteiger partial charge in [-0.1, -0.05) is 23.7 Å². The van der Waals surface area contributed by atoms with E-state index in [1.165, 1.54) is 12.4 Å². The molecule has 3 aromatic rings. The summed E-state index contributed by atoms with van der Waals surface area (Å²) in [6.07, 6.45) is 1.32. The third-order valence-corrected chi connectivity index (χ3v) is 5.65. The number of thiophene rings is 1. The Balaban J connectivity index is 2.05. The number of nitrogens with zero attached hydrogens (tertiary/aromatic N) is 2. The third kappa shape index (κ3) is 2.47. The molecule has 0 aliphatic heterocycles. The van der Waals surface area contributed by atoms with E-state index in [0.717, 1.165) is 11.3 Å². The summed E-state index contributed by atoms with van der Waals surface area (Å²) in [5.74, 6) is 0.250. The molecule has 0 saturated carbocycles. The van der Waals surface area contributed by atoms with Crippen LogP contribution in [0.4, 0.5) is 5.82 Å². The predicted octanol–water partition coefficient (Wildman–Crippen LogP) is 3.15. The van der Waals surface area contributed by atoms with Crippen molar-refractivity contribution in [3.63, 3.8) is 0 Å². The highest BCUT2D eigenvalue weighted by molar-refractivity contribution is 7.94. The first-order valence-electron chi connectivity index (χ1n) is 5.54. The molecule has 102 valence electrons. The number of para-hydroxylation sites is 1.